The number of benzene rings is 1. The Morgan fingerprint density at radius 1 is 1.36 bits per heavy atom. The first-order valence-corrected chi connectivity index (χ1v) is 7.56. The summed E-state index contributed by atoms with van der Waals surface area (Å²) in [6.45, 7) is 4.07. The Morgan fingerprint density at radius 2 is 2.14 bits per heavy atom. The van der Waals surface area contributed by atoms with Crippen molar-refractivity contribution in [3.8, 4) is 5.88 Å². The number of aromatic nitrogens is 3. The number of amides is 1. The van der Waals surface area contributed by atoms with E-state index in [4.69, 9.17) is 4.74 Å². The topological polar surface area (TPSA) is 69.0 Å². The minimum absolute atomic E-state index is 0.279. The van der Waals surface area contributed by atoms with Crippen LogP contribution in [0.5, 0.6) is 5.88 Å². The van der Waals surface area contributed by atoms with E-state index in [1.54, 1.807) is 17.9 Å². The van der Waals surface area contributed by atoms with Gasteiger partial charge in [-0.15, -0.1) is 5.10 Å². The highest BCUT2D eigenvalue weighted by Gasteiger charge is 2.18. The van der Waals surface area contributed by atoms with E-state index in [9.17, 15) is 4.79 Å². The van der Waals surface area contributed by atoms with Crippen LogP contribution in [-0.2, 0) is 7.05 Å². The van der Waals surface area contributed by atoms with Crippen molar-refractivity contribution in [2.24, 2.45) is 7.05 Å². The van der Waals surface area contributed by atoms with Crippen LogP contribution in [0.2, 0.25) is 0 Å². The third kappa shape index (κ3) is 2.55. The van der Waals surface area contributed by atoms with Crippen molar-refractivity contribution < 1.29 is 9.53 Å². The number of aryl methyl sites for hydroxylation is 3. The van der Waals surface area contributed by atoms with Crippen molar-refractivity contribution in [3.05, 3.63) is 35.0 Å². The van der Waals surface area contributed by atoms with E-state index in [2.05, 4.69) is 27.5 Å². The minimum atomic E-state index is -0.279. The van der Waals surface area contributed by atoms with Gasteiger partial charge in [0, 0.05) is 13.2 Å². The van der Waals surface area contributed by atoms with E-state index in [-0.39, 0.29) is 5.91 Å². The molecular weight excluding hydrogens is 300 g/mol. The maximum atomic E-state index is 12.4. The molecule has 0 saturated carbocycles. The highest BCUT2D eigenvalue weighted by Crippen LogP contribution is 2.30. The molecule has 1 aromatic carbocycles. The predicted octanol–water partition coefficient (Wildman–Crippen LogP) is 2.91. The van der Waals surface area contributed by atoms with E-state index in [0.717, 1.165) is 15.8 Å². The molecule has 1 amide bonds. The monoisotopic (exact) mass is 316 g/mol. The SMILES string of the molecule is COc1nn(C)cc1C(=O)Nc1nc2c(C)cc(C)cc2s1. The second kappa shape index (κ2) is 5.42. The highest BCUT2D eigenvalue weighted by atomic mass is 32.1. The number of nitrogens with zero attached hydrogens (tertiary/aromatic N) is 3. The van der Waals surface area contributed by atoms with Crippen molar-refractivity contribution in [2.45, 2.75) is 13.8 Å². The van der Waals surface area contributed by atoms with Crippen LogP contribution in [0.15, 0.2) is 18.3 Å². The van der Waals surface area contributed by atoms with Crippen LogP contribution in [0.25, 0.3) is 10.2 Å². The Hall–Kier alpha value is -2.41. The predicted molar refractivity (Wildman–Crippen MR) is 86.8 cm³/mol. The van der Waals surface area contributed by atoms with Gasteiger partial charge in [0.2, 0.25) is 5.88 Å². The Kier molecular flexibility index (Phi) is 3.58. The summed E-state index contributed by atoms with van der Waals surface area (Å²) in [5, 5.41) is 7.46. The molecule has 0 radical (unpaired) electrons. The van der Waals surface area contributed by atoms with Gasteiger partial charge < -0.3 is 4.74 Å². The normalized spacial score (nSPS) is 10.9. The third-order valence-electron chi connectivity index (χ3n) is 3.28. The summed E-state index contributed by atoms with van der Waals surface area (Å²) in [7, 11) is 3.23. The lowest BCUT2D eigenvalue weighted by molar-refractivity contribution is 0.102. The number of hydrogen-bond acceptors (Lipinski definition) is 5. The van der Waals surface area contributed by atoms with Gasteiger partial charge in [0.15, 0.2) is 5.13 Å². The molecule has 0 unspecified atom stereocenters. The number of carbonyl (C=O) groups is 1. The molecule has 114 valence electrons. The molecule has 0 aliphatic rings. The Balaban J connectivity index is 1.92. The maximum absolute atomic E-state index is 12.4. The molecule has 7 heteroatoms. The fraction of sp³-hybridized carbons (Fsp3) is 0.267. The summed E-state index contributed by atoms with van der Waals surface area (Å²) >= 11 is 1.46. The molecule has 0 bridgehead atoms. The number of carbonyl (C=O) groups excluding carboxylic acids is 1. The maximum Gasteiger partial charge on any atom is 0.264 e. The van der Waals surface area contributed by atoms with Crippen molar-refractivity contribution in [2.75, 3.05) is 12.4 Å². The molecule has 6 nitrogen and oxygen atoms in total. The lowest BCUT2D eigenvalue weighted by Gasteiger charge is -2.00. The standard InChI is InChI=1S/C15H16N4O2S/c1-8-5-9(2)12-11(6-8)22-15(16-12)17-13(20)10-7-19(3)18-14(10)21-4/h5-7H,1-4H3,(H,16,17,20). The van der Waals surface area contributed by atoms with Gasteiger partial charge in [-0.25, -0.2) is 4.98 Å². The number of rotatable bonds is 3. The average Bonchev–Trinajstić information content (AvgIpc) is 3.01. The van der Waals surface area contributed by atoms with Crippen molar-refractivity contribution >= 4 is 32.6 Å². The molecule has 2 heterocycles. The van der Waals surface area contributed by atoms with Gasteiger partial charge in [0.05, 0.1) is 17.3 Å². The molecule has 0 aliphatic carbocycles. The zero-order valence-corrected chi connectivity index (χ0v) is 13.6. The van der Waals surface area contributed by atoms with Crippen molar-refractivity contribution in [1.29, 1.82) is 0 Å². The summed E-state index contributed by atoms with van der Waals surface area (Å²) in [5.41, 5.74) is 3.59. The van der Waals surface area contributed by atoms with Crippen LogP contribution in [0, 0.1) is 13.8 Å². The van der Waals surface area contributed by atoms with Crippen LogP contribution in [0.4, 0.5) is 5.13 Å². The zero-order valence-electron chi connectivity index (χ0n) is 12.8. The number of hydrogen-bond donors (Lipinski definition) is 1. The van der Waals surface area contributed by atoms with E-state index < -0.39 is 0 Å². The first-order valence-electron chi connectivity index (χ1n) is 6.74. The molecule has 0 saturated heterocycles. The summed E-state index contributed by atoms with van der Waals surface area (Å²) in [4.78, 5) is 16.9. The molecular formula is C15H16N4O2S. The average molecular weight is 316 g/mol. The molecule has 3 aromatic rings. The summed E-state index contributed by atoms with van der Waals surface area (Å²) in [6, 6.07) is 4.15. The van der Waals surface area contributed by atoms with E-state index >= 15 is 0 Å². The highest BCUT2D eigenvalue weighted by molar-refractivity contribution is 7.22. The molecule has 0 spiro atoms. The van der Waals surface area contributed by atoms with Crippen LogP contribution in [0.1, 0.15) is 21.5 Å². The fourth-order valence-corrected chi connectivity index (χ4v) is 3.40. The number of methoxy groups -OCH3 is 1. The summed E-state index contributed by atoms with van der Waals surface area (Å²) in [5.74, 6) is 0.0199. The van der Waals surface area contributed by atoms with Crippen molar-refractivity contribution in [3.63, 3.8) is 0 Å². The smallest absolute Gasteiger partial charge is 0.264 e. The second-order valence-corrected chi connectivity index (χ2v) is 6.16. The van der Waals surface area contributed by atoms with Crippen molar-refractivity contribution in [1.82, 2.24) is 14.8 Å². The van der Waals surface area contributed by atoms with Gasteiger partial charge >= 0.3 is 0 Å². The largest absolute Gasteiger partial charge is 0.479 e. The third-order valence-corrected chi connectivity index (χ3v) is 4.20. The first-order chi connectivity index (χ1) is 10.5. The quantitative estimate of drug-likeness (QED) is 0.806. The number of anilines is 1. The van der Waals surface area contributed by atoms with Gasteiger partial charge in [-0.2, -0.15) is 0 Å². The van der Waals surface area contributed by atoms with Gasteiger partial charge in [0.25, 0.3) is 5.91 Å². The molecule has 0 fully saturated rings. The van der Waals surface area contributed by atoms with Gasteiger partial charge in [-0.1, -0.05) is 17.4 Å². The second-order valence-electron chi connectivity index (χ2n) is 5.13. The zero-order chi connectivity index (χ0) is 15.9. The van der Waals surface area contributed by atoms with Crippen LogP contribution in [-0.4, -0.2) is 27.8 Å². The van der Waals surface area contributed by atoms with Gasteiger partial charge in [0.1, 0.15) is 5.56 Å². The lowest BCUT2D eigenvalue weighted by Crippen LogP contribution is -2.12. The van der Waals surface area contributed by atoms with E-state index in [1.807, 2.05) is 13.8 Å². The Bertz CT molecular complexity index is 866. The number of ether oxygens (including phenoxy) is 1. The molecule has 0 aliphatic heterocycles. The Labute approximate surface area is 131 Å². The molecule has 1 N–H and O–H groups in total. The van der Waals surface area contributed by atoms with Crippen LogP contribution >= 0.6 is 11.3 Å². The number of thiazole rings is 1. The first kappa shape index (κ1) is 14.5. The van der Waals surface area contributed by atoms with Gasteiger partial charge in [-0.05, 0) is 31.0 Å². The van der Waals surface area contributed by atoms with E-state index in [0.29, 0.717) is 16.6 Å². The number of nitrogens with one attached hydrogen (secondary N) is 1. The fourth-order valence-electron chi connectivity index (χ4n) is 2.36. The summed E-state index contributed by atoms with van der Waals surface area (Å²) < 4.78 is 7.71. The molecule has 22 heavy (non-hydrogen) atoms. The molecule has 2 aromatic heterocycles. The van der Waals surface area contributed by atoms with Crippen LogP contribution < -0.4 is 10.1 Å². The molecule has 0 atom stereocenters. The summed E-state index contributed by atoms with van der Waals surface area (Å²) in [6.07, 6.45) is 1.62. The van der Waals surface area contributed by atoms with Gasteiger partial charge in [-0.3, -0.25) is 14.8 Å². The molecule has 3 rings (SSSR count). The lowest BCUT2D eigenvalue weighted by atomic mass is 10.1. The Morgan fingerprint density at radius 3 is 2.86 bits per heavy atom. The minimum Gasteiger partial charge on any atom is -0.479 e. The van der Waals surface area contributed by atoms with E-state index in [1.165, 1.54) is 24.0 Å². The van der Waals surface area contributed by atoms with Crippen LogP contribution in [0.3, 0.4) is 0 Å². The number of fused-ring (bicyclic) bond motifs is 1.